The van der Waals surface area contributed by atoms with Gasteiger partial charge in [0.25, 0.3) is 0 Å². The van der Waals surface area contributed by atoms with E-state index in [4.69, 9.17) is 0 Å². The highest BCUT2D eigenvalue weighted by molar-refractivity contribution is 6.34. The Morgan fingerprint density at radius 1 is 0.909 bits per heavy atom. The van der Waals surface area contributed by atoms with E-state index < -0.39 is 0 Å². The summed E-state index contributed by atoms with van der Waals surface area (Å²) in [7, 11) is 2.19. The van der Waals surface area contributed by atoms with Crippen molar-refractivity contribution in [2.75, 3.05) is 0 Å². The first-order valence-corrected chi connectivity index (χ1v) is 4.08. The average Bonchev–Trinajstić information content (AvgIpc) is 1.97. The lowest BCUT2D eigenvalue weighted by Crippen LogP contribution is -2.13. The fraction of sp³-hybridized carbons (Fsp3) is 0.400. The Kier molecular flexibility index (Phi) is 2.08. The molecule has 0 aliphatic rings. The van der Waals surface area contributed by atoms with Crippen LogP contribution in [0.3, 0.4) is 0 Å². The molecule has 11 heavy (non-hydrogen) atoms. The molecule has 0 amide bonds. The Hall–Kier alpha value is -0.715. The predicted molar refractivity (Wildman–Crippen MR) is 53.6 cm³/mol. The molecule has 0 aliphatic heterocycles. The summed E-state index contributed by atoms with van der Waals surface area (Å²) in [6.07, 6.45) is 0. The fourth-order valence-corrected chi connectivity index (χ4v) is 1.41. The Labute approximate surface area is 70.0 Å². The molecule has 0 saturated carbocycles. The van der Waals surface area contributed by atoms with Gasteiger partial charge in [-0.05, 0) is 38.8 Å². The Balaban J connectivity index is 3.46. The molecule has 0 aromatic heterocycles. The molecule has 0 fully saturated rings. The van der Waals surface area contributed by atoms with E-state index in [1.165, 1.54) is 27.7 Å². The maximum atomic E-state index is 2.26. The molecular formula is C10H15B. The maximum absolute atomic E-state index is 2.26. The smallest absolute Gasteiger partial charge is 0.0830 e. The minimum Gasteiger partial charge on any atom is -0.0830 e. The second kappa shape index (κ2) is 2.73. The fourth-order valence-electron chi connectivity index (χ4n) is 1.41. The summed E-state index contributed by atoms with van der Waals surface area (Å²) in [5, 5.41) is 0. The lowest BCUT2D eigenvalue weighted by molar-refractivity contribution is 1.26. The van der Waals surface area contributed by atoms with Crippen molar-refractivity contribution in [2.45, 2.75) is 27.7 Å². The summed E-state index contributed by atoms with van der Waals surface area (Å²) in [6, 6.07) is 2.26. The minimum atomic E-state index is 1.41. The number of hydrogen-bond acceptors (Lipinski definition) is 0. The number of hydrogen-bond donors (Lipinski definition) is 0. The van der Waals surface area contributed by atoms with E-state index in [1.54, 1.807) is 0 Å². The van der Waals surface area contributed by atoms with Crippen LogP contribution in [0.1, 0.15) is 22.3 Å². The zero-order valence-electron chi connectivity index (χ0n) is 8.08. The monoisotopic (exact) mass is 146 g/mol. The summed E-state index contributed by atoms with van der Waals surface area (Å²) >= 11 is 0. The van der Waals surface area contributed by atoms with Crippen molar-refractivity contribution in [3.05, 3.63) is 28.3 Å². The topological polar surface area (TPSA) is 0 Å². The average molecular weight is 146 g/mol. The maximum Gasteiger partial charge on any atom is 0.139 e. The van der Waals surface area contributed by atoms with E-state index in [2.05, 4.69) is 41.6 Å². The highest BCUT2D eigenvalue weighted by Gasteiger charge is 2.02. The molecule has 1 aromatic rings. The first-order chi connectivity index (χ1) is 5.04. The molecule has 0 aliphatic carbocycles. The van der Waals surface area contributed by atoms with Gasteiger partial charge in [-0.15, -0.1) is 0 Å². The molecule has 0 spiro atoms. The second-order valence-corrected chi connectivity index (χ2v) is 3.39. The molecule has 0 N–H and O–H groups in total. The van der Waals surface area contributed by atoms with Crippen LogP contribution in [0.5, 0.6) is 0 Å². The van der Waals surface area contributed by atoms with E-state index >= 15 is 0 Å². The molecule has 0 saturated heterocycles. The van der Waals surface area contributed by atoms with Crippen molar-refractivity contribution >= 4 is 13.3 Å². The van der Waals surface area contributed by atoms with Gasteiger partial charge in [-0.3, -0.25) is 0 Å². The van der Waals surface area contributed by atoms with Crippen LogP contribution in [-0.4, -0.2) is 7.85 Å². The molecule has 58 valence electrons. The third kappa shape index (κ3) is 1.32. The second-order valence-electron chi connectivity index (χ2n) is 3.39. The van der Waals surface area contributed by atoms with Gasteiger partial charge in [-0.25, -0.2) is 0 Å². The molecule has 0 radical (unpaired) electrons. The molecule has 1 aromatic carbocycles. The Bertz CT molecular complexity index is 261. The van der Waals surface area contributed by atoms with Crippen molar-refractivity contribution in [3.8, 4) is 0 Å². The first kappa shape index (κ1) is 8.38. The SMILES string of the molecule is Bc1c(C)cc(C)c(C)c1C. The molecule has 0 bridgehead atoms. The predicted octanol–water partition coefficient (Wildman–Crippen LogP) is 1.18. The Morgan fingerprint density at radius 3 is 2.00 bits per heavy atom. The van der Waals surface area contributed by atoms with E-state index in [0.717, 1.165) is 0 Å². The summed E-state index contributed by atoms with van der Waals surface area (Å²) < 4.78 is 0. The van der Waals surface area contributed by atoms with Crippen LogP contribution >= 0.6 is 0 Å². The first-order valence-electron chi connectivity index (χ1n) is 4.08. The van der Waals surface area contributed by atoms with Crippen LogP contribution in [0.2, 0.25) is 0 Å². The van der Waals surface area contributed by atoms with Gasteiger partial charge in [-0.2, -0.15) is 0 Å². The standard InChI is InChI=1S/C10H15B/c1-6-5-7(2)10(11)9(4)8(6)3/h5H,11H2,1-4H3. The molecule has 0 heterocycles. The van der Waals surface area contributed by atoms with Crippen LogP contribution in [0.15, 0.2) is 6.07 Å². The molecule has 1 heteroatoms. The summed E-state index contributed by atoms with van der Waals surface area (Å²) in [5.41, 5.74) is 7.14. The van der Waals surface area contributed by atoms with E-state index in [1.807, 2.05) is 0 Å². The molecular weight excluding hydrogens is 131 g/mol. The van der Waals surface area contributed by atoms with Gasteiger partial charge in [0.1, 0.15) is 7.85 Å². The zero-order valence-corrected chi connectivity index (χ0v) is 8.08. The minimum absolute atomic E-state index is 1.41. The van der Waals surface area contributed by atoms with E-state index in [0.29, 0.717) is 0 Å². The van der Waals surface area contributed by atoms with Gasteiger partial charge in [0.2, 0.25) is 0 Å². The highest BCUT2D eigenvalue weighted by atomic mass is 14.0. The van der Waals surface area contributed by atoms with E-state index in [9.17, 15) is 0 Å². The van der Waals surface area contributed by atoms with Crippen LogP contribution in [-0.2, 0) is 0 Å². The van der Waals surface area contributed by atoms with Crippen molar-refractivity contribution in [1.82, 2.24) is 0 Å². The molecule has 0 nitrogen and oxygen atoms in total. The van der Waals surface area contributed by atoms with Crippen LogP contribution in [0, 0.1) is 27.7 Å². The molecule has 1 rings (SSSR count). The third-order valence-electron chi connectivity index (χ3n) is 2.74. The lowest BCUT2D eigenvalue weighted by atomic mass is 9.83. The van der Waals surface area contributed by atoms with Crippen LogP contribution in [0.4, 0.5) is 0 Å². The largest absolute Gasteiger partial charge is 0.139 e. The quantitative estimate of drug-likeness (QED) is 0.482. The van der Waals surface area contributed by atoms with Gasteiger partial charge in [-0.1, -0.05) is 22.7 Å². The van der Waals surface area contributed by atoms with Crippen molar-refractivity contribution in [3.63, 3.8) is 0 Å². The van der Waals surface area contributed by atoms with Crippen LogP contribution < -0.4 is 5.46 Å². The van der Waals surface area contributed by atoms with Gasteiger partial charge in [0.05, 0.1) is 0 Å². The Morgan fingerprint density at radius 2 is 1.45 bits per heavy atom. The lowest BCUT2D eigenvalue weighted by Gasteiger charge is -2.10. The normalized spacial score (nSPS) is 10.2. The van der Waals surface area contributed by atoms with Crippen molar-refractivity contribution in [1.29, 1.82) is 0 Å². The van der Waals surface area contributed by atoms with Crippen molar-refractivity contribution < 1.29 is 0 Å². The van der Waals surface area contributed by atoms with Crippen molar-refractivity contribution in [2.24, 2.45) is 0 Å². The third-order valence-corrected chi connectivity index (χ3v) is 2.74. The highest BCUT2D eigenvalue weighted by Crippen LogP contribution is 2.11. The molecule has 0 unspecified atom stereocenters. The van der Waals surface area contributed by atoms with Gasteiger partial charge in [0, 0.05) is 0 Å². The summed E-state index contributed by atoms with van der Waals surface area (Å²) in [6.45, 7) is 8.74. The number of benzene rings is 1. The summed E-state index contributed by atoms with van der Waals surface area (Å²) in [5.74, 6) is 0. The number of aryl methyl sites for hydroxylation is 2. The summed E-state index contributed by atoms with van der Waals surface area (Å²) in [4.78, 5) is 0. The molecule has 0 atom stereocenters. The van der Waals surface area contributed by atoms with Gasteiger partial charge in [0.15, 0.2) is 0 Å². The number of rotatable bonds is 0. The van der Waals surface area contributed by atoms with Gasteiger partial charge < -0.3 is 0 Å². The van der Waals surface area contributed by atoms with Gasteiger partial charge >= 0.3 is 0 Å². The zero-order chi connectivity index (χ0) is 8.59. The van der Waals surface area contributed by atoms with E-state index in [-0.39, 0.29) is 0 Å². The van der Waals surface area contributed by atoms with Crippen LogP contribution in [0.25, 0.3) is 0 Å².